The van der Waals surface area contributed by atoms with E-state index in [1.807, 2.05) is 18.3 Å². The number of hydrogen-bond acceptors (Lipinski definition) is 4. The van der Waals surface area contributed by atoms with Crippen molar-refractivity contribution in [1.29, 1.82) is 0 Å². The van der Waals surface area contributed by atoms with E-state index in [-0.39, 0.29) is 0 Å². The summed E-state index contributed by atoms with van der Waals surface area (Å²) < 4.78 is 14.8. The average Bonchev–Trinajstić information content (AvgIpc) is 3.27. The van der Waals surface area contributed by atoms with Crippen molar-refractivity contribution in [2.75, 3.05) is 26.8 Å². The number of pyridine rings is 1. The first-order chi connectivity index (χ1) is 13.2. The molecule has 27 heavy (non-hydrogen) atoms. The number of rotatable bonds is 3. The topological polar surface area (TPSA) is 39.5 Å². The maximum atomic E-state index is 6.19. The number of aryl methyl sites for hydroxylation is 1. The molecule has 0 saturated carbocycles. The molecule has 0 unspecified atom stereocenters. The zero-order valence-electron chi connectivity index (χ0n) is 15.9. The summed E-state index contributed by atoms with van der Waals surface area (Å²) in [7, 11) is 2.19. The lowest BCUT2D eigenvalue weighted by Gasteiger charge is -2.31. The van der Waals surface area contributed by atoms with E-state index in [1.54, 1.807) is 6.20 Å². The van der Waals surface area contributed by atoms with Crippen molar-refractivity contribution in [3.63, 3.8) is 0 Å². The van der Waals surface area contributed by atoms with Gasteiger partial charge in [0.1, 0.15) is 0 Å². The Morgan fingerprint density at radius 3 is 2.81 bits per heavy atom. The minimum atomic E-state index is -0.769. The fraction of sp³-hybridized carbons (Fsp3) is 0.409. The molecule has 5 rings (SSSR count). The van der Waals surface area contributed by atoms with Crippen LogP contribution in [0.4, 0.5) is 0 Å². The zero-order valence-corrected chi connectivity index (χ0v) is 15.9. The number of benzene rings is 1. The molecule has 140 valence electrons. The van der Waals surface area contributed by atoms with Gasteiger partial charge in [0.15, 0.2) is 0 Å². The van der Waals surface area contributed by atoms with E-state index < -0.39 is 5.79 Å². The van der Waals surface area contributed by atoms with Gasteiger partial charge < -0.3 is 18.9 Å². The maximum absolute atomic E-state index is 6.19. The van der Waals surface area contributed by atoms with Crippen LogP contribution in [0.1, 0.15) is 22.4 Å². The second-order valence-electron chi connectivity index (χ2n) is 7.71. The average molecular weight is 363 g/mol. The van der Waals surface area contributed by atoms with Crippen LogP contribution in [-0.4, -0.2) is 41.3 Å². The summed E-state index contributed by atoms with van der Waals surface area (Å²) in [5.41, 5.74) is 6.41. The van der Waals surface area contributed by atoms with Crippen molar-refractivity contribution in [2.24, 2.45) is 0 Å². The molecule has 5 heteroatoms. The second-order valence-corrected chi connectivity index (χ2v) is 7.71. The predicted molar refractivity (Wildman–Crippen MR) is 105 cm³/mol. The predicted octanol–water partition coefficient (Wildman–Crippen LogP) is 3.23. The lowest BCUT2D eigenvalue weighted by atomic mass is 10.0. The lowest BCUT2D eigenvalue weighted by molar-refractivity contribution is -0.176. The molecule has 2 aliphatic rings. The van der Waals surface area contributed by atoms with Crippen LogP contribution in [-0.2, 0) is 34.8 Å². The summed E-state index contributed by atoms with van der Waals surface area (Å²) in [5, 5.41) is 1.37. The van der Waals surface area contributed by atoms with E-state index in [4.69, 9.17) is 9.47 Å². The Hall–Kier alpha value is -2.21. The molecule has 0 N–H and O–H groups in total. The van der Waals surface area contributed by atoms with E-state index in [9.17, 15) is 0 Å². The quantitative estimate of drug-likeness (QED) is 0.716. The van der Waals surface area contributed by atoms with Crippen LogP contribution in [0.3, 0.4) is 0 Å². The molecule has 0 amide bonds. The number of nitrogens with zero attached hydrogens (tertiary/aromatic N) is 3. The monoisotopic (exact) mass is 363 g/mol. The fourth-order valence-electron chi connectivity index (χ4n) is 4.47. The smallest absolute Gasteiger partial charge is 0.215 e. The highest BCUT2D eigenvalue weighted by atomic mass is 16.7. The van der Waals surface area contributed by atoms with Crippen molar-refractivity contribution >= 4 is 10.9 Å². The van der Waals surface area contributed by atoms with E-state index in [1.165, 1.54) is 27.7 Å². The van der Waals surface area contributed by atoms with E-state index in [2.05, 4.69) is 46.6 Å². The summed E-state index contributed by atoms with van der Waals surface area (Å²) in [5.74, 6) is -0.769. The second kappa shape index (κ2) is 6.44. The third kappa shape index (κ3) is 2.78. The van der Waals surface area contributed by atoms with E-state index in [0.29, 0.717) is 19.8 Å². The molecule has 0 radical (unpaired) electrons. The first kappa shape index (κ1) is 16.9. The Morgan fingerprint density at radius 1 is 1.19 bits per heavy atom. The van der Waals surface area contributed by atoms with Crippen LogP contribution >= 0.6 is 0 Å². The van der Waals surface area contributed by atoms with Gasteiger partial charge >= 0.3 is 0 Å². The Morgan fingerprint density at radius 2 is 2.04 bits per heavy atom. The molecule has 1 aromatic carbocycles. The van der Waals surface area contributed by atoms with Crippen LogP contribution in [0, 0.1) is 6.92 Å². The molecular weight excluding hydrogens is 338 g/mol. The Kier molecular flexibility index (Phi) is 4.04. The van der Waals surface area contributed by atoms with Gasteiger partial charge in [0.05, 0.1) is 19.8 Å². The third-order valence-corrected chi connectivity index (χ3v) is 5.83. The Labute approximate surface area is 159 Å². The first-order valence-electron chi connectivity index (χ1n) is 9.64. The van der Waals surface area contributed by atoms with Gasteiger partial charge in [0, 0.05) is 47.6 Å². The minimum absolute atomic E-state index is 0.606. The van der Waals surface area contributed by atoms with Crippen molar-refractivity contribution in [1.82, 2.24) is 14.5 Å². The summed E-state index contributed by atoms with van der Waals surface area (Å²) >= 11 is 0. The van der Waals surface area contributed by atoms with Crippen molar-refractivity contribution in [2.45, 2.75) is 32.2 Å². The van der Waals surface area contributed by atoms with Crippen LogP contribution < -0.4 is 0 Å². The number of ether oxygens (including phenoxy) is 2. The zero-order chi connectivity index (χ0) is 18.4. The van der Waals surface area contributed by atoms with Crippen LogP contribution in [0.25, 0.3) is 10.9 Å². The molecule has 1 saturated heterocycles. The molecule has 1 fully saturated rings. The molecule has 4 heterocycles. The van der Waals surface area contributed by atoms with Gasteiger partial charge in [-0.25, -0.2) is 0 Å². The molecule has 2 aromatic heterocycles. The van der Waals surface area contributed by atoms with Crippen molar-refractivity contribution in [3.05, 3.63) is 65.1 Å². The molecular formula is C22H25N3O2. The minimum Gasteiger partial charge on any atom is -0.342 e. The van der Waals surface area contributed by atoms with E-state index >= 15 is 0 Å². The number of likely N-dealkylation sites (N-methyl/N-ethyl adjacent to an activating group) is 1. The van der Waals surface area contributed by atoms with Gasteiger partial charge in [0.2, 0.25) is 5.79 Å². The first-order valence-corrected chi connectivity index (χ1v) is 9.64. The molecule has 0 atom stereocenters. The number of hydrogen-bond donors (Lipinski definition) is 0. The van der Waals surface area contributed by atoms with Crippen molar-refractivity contribution < 1.29 is 9.47 Å². The van der Waals surface area contributed by atoms with Gasteiger partial charge in [-0.3, -0.25) is 4.98 Å². The van der Waals surface area contributed by atoms with Gasteiger partial charge in [-0.1, -0.05) is 17.7 Å². The van der Waals surface area contributed by atoms with Gasteiger partial charge in [-0.2, -0.15) is 0 Å². The number of aromatic nitrogens is 2. The van der Waals surface area contributed by atoms with E-state index in [0.717, 1.165) is 25.1 Å². The highest BCUT2D eigenvalue weighted by Gasteiger charge is 2.40. The molecule has 0 spiro atoms. The molecule has 2 aliphatic heterocycles. The van der Waals surface area contributed by atoms with Crippen LogP contribution in [0.15, 0.2) is 42.7 Å². The standard InChI is InChI=1S/C22H25N3O2/c1-16-5-6-20-19(12-16)18-7-9-24(2)14-21(18)25(20)15-22(26-10-11-27-22)17-4-3-8-23-13-17/h3-6,8,12-13H,7,9-11,14-15H2,1-2H3. The van der Waals surface area contributed by atoms with Crippen molar-refractivity contribution in [3.8, 4) is 0 Å². The van der Waals surface area contributed by atoms with Crippen LogP contribution in [0.2, 0.25) is 0 Å². The Bertz CT molecular complexity index is 974. The summed E-state index contributed by atoms with van der Waals surface area (Å²) in [6.45, 7) is 6.07. The molecule has 5 nitrogen and oxygen atoms in total. The summed E-state index contributed by atoms with van der Waals surface area (Å²) in [6.07, 6.45) is 4.73. The SMILES string of the molecule is Cc1ccc2c(c1)c1c(n2CC2(c3cccnc3)OCCO2)CN(C)CC1. The van der Waals surface area contributed by atoms with Gasteiger partial charge in [-0.05, 0) is 44.2 Å². The molecule has 0 bridgehead atoms. The fourth-order valence-corrected chi connectivity index (χ4v) is 4.47. The Balaban J connectivity index is 1.67. The highest BCUT2D eigenvalue weighted by Crippen LogP contribution is 2.38. The summed E-state index contributed by atoms with van der Waals surface area (Å²) in [4.78, 5) is 6.69. The third-order valence-electron chi connectivity index (χ3n) is 5.83. The molecule has 3 aromatic rings. The summed E-state index contributed by atoms with van der Waals surface area (Å²) in [6, 6.07) is 10.8. The molecule has 0 aliphatic carbocycles. The van der Waals surface area contributed by atoms with Gasteiger partial charge in [-0.15, -0.1) is 0 Å². The lowest BCUT2D eigenvalue weighted by Crippen LogP contribution is -2.35. The maximum Gasteiger partial charge on any atom is 0.215 e. The highest BCUT2D eigenvalue weighted by molar-refractivity contribution is 5.86. The number of fused-ring (bicyclic) bond motifs is 3. The van der Waals surface area contributed by atoms with Crippen LogP contribution in [0.5, 0.6) is 0 Å². The largest absolute Gasteiger partial charge is 0.342 e. The van der Waals surface area contributed by atoms with Gasteiger partial charge in [0.25, 0.3) is 0 Å². The normalized spacial score (nSPS) is 19.5.